The molecule has 2 aromatic carbocycles. The van der Waals surface area contributed by atoms with Gasteiger partial charge >= 0.3 is 0 Å². The molecular formula is C20H16O4. The second-order valence-electron chi connectivity index (χ2n) is 7.03. The van der Waals surface area contributed by atoms with Gasteiger partial charge in [0.05, 0.1) is 6.26 Å². The van der Waals surface area contributed by atoms with E-state index in [1.165, 1.54) is 12.1 Å². The first-order chi connectivity index (χ1) is 11.5. The van der Waals surface area contributed by atoms with Gasteiger partial charge in [0.2, 0.25) is 5.78 Å². The Kier molecular flexibility index (Phi) is 2.39. The van der Waals surface area contributed by atoms with Crippen LogP contribution >= 0.6 is 0 Å². The SMILES string of the molecule is CC12CCCc3coc(c31)C(=O)c1cc3c(O)ccc(O)c3cc12. The molecule has 5 rings (SSSR count). The summed E-state index contributed by atoms with van der Waals surface area (Å²) in [6.45, 7) is 2.14. The number of rotatable bonds is 0. The minimum atomic E-state index is -0.300. The van der Waals surface area contributed by atoms with Crippen molar-refractivity contribution in [1.82, 2.24) is 0 Å². The van der Waals surface area contributed by atoms with Crippen LogP contribution in [0.1, 0.15) is 52.6 Å². The van der Waals surface area contributed by atoms with Gasteiger partial charge < -0.3 is 14.6 Å². The van der Waals surface area contributed by atoms with Gasteiger partial charge in [-0.1, -0.05) is 6.92 Å². The van der Waals surface area contributed by atoms with Gasteiger partial charge in [0.1, 0.15) is 11.5 Å². The highest BCUT2D eigenvalue weighted by atomic mass is 16.3. The number of phenolic OH excluding ortho intramolecular Hbond substituents is 2. The molecule has 0 bridgehead atoms. The summed E-state index contributed by atoms with van der Waals surface area (Å²) in [6, 6.07) is 6.47. The van der Waals surface area contributed by atoms with Crippen molar-refractivity contribution in [3.63, 3.8) is 0 Å². The van der Waals surface area contributed by atoms with Crippen molar-refractivity contribution in [1.29, 1.82) is 0 Å². The first-order valence-corrected chi connectivity index (χ1v) is 8.15. The largest absolute Gasteiger partial charge is 0.507 e. The number of aryl methyl sites for hydroxylation is 1. The molecule has 24 heavy (non-hydrogen) atoms. The summed E-state index contributed by atoms with van der Waals surface area (Å²) in [5, 5.41) is 21.4. The summed E-state index contributed by atoms with van der Waals surface area (Å²) in [7, 11) is 0. The molecule has 1 atom stereocenters. The van der Waals surface area contributed by atoms with E-state index < -0.39 is 0 Å². The van der Waals surface area contributed by atoms with Gasteiger partial charge in [0.25, 0.3) is 0 Å². The molecule has 2 N–H and O–H groups in total. The van der Waals surface area contributed by atoms with E-state index in [2.05, 4.69) is 6.92 Å². The summed E-state index contributed by atoms with van der Waals surface area (Å²) < 4.78 is 5.63. The Morgan fingerprint density at radius 2 is 1.83 bits per heavy atom. The van der Waals surface area contributed by atoms with Crippen molar-refractivity contribution < 1.29 is 19.4 Å². The fraction of sp³-hybridized carbons (Fsp3) is 0.250. The fourth-order valence-corrected chi connectivity index (χ4v) is 4.50. The summed E-state index contributed by atoms with van der Waals surface area (Å²) in [4.78, 5) is 13.0. The number of carbonyl (C=O) groups excluding carboxylic acids is 1. The Balaban J connectivity index is 1.92. The molecule has 120 valence electrons. The van der Waals surface area contributed by atoms with Crippen LogP contribution in [0.4, 0.5) is 0 Å². The molecule has 0 aliphatic heterocycles. The lowest BCUT2D eigenvalue weighted by atomic mass is 9.63. The number of ketones is 1. The zero-order valence-corrected chi connectivity index (χ0v) is 13.2. The molecule has 0 fully saturated rings. The van der Waals surface area contributed by atoms with Crippen molar-refractivity contribution in [2.45, 2.75) is 31.6 Å². The lowest BCUT2D eigenvalue weighted by molar-refractivity contribution is 0.0998. The Morgan fingerprint density at radius 1 is 1.12 bits per heavy atom. The maximum atomic E-state index is 13.0. The molecule has 0 amide bonds. The Morgan fingerprint density at radius 3 is 2.58 bits per heavy atom. The van der Waals surface area contributed by atoms with Gasteiger partial charge in [-0.15, -0.1) is 0 Å². The van der Waals surface area contributed by atoms with E-state index in [4.69, 9.17) is 4.42 Å². The van der Waals surface area contributed by atoms with E-state index >= 15 is 0 Å². The maximum Gasteiger partial charge on any atom is 0.228 e. The van der Waals surface area contributed by atoms with Gasteiger partial charge in [-0.25, -0.2) is 0 Å². The lowest BCUT2D eigenvalue weighted by Crippen LogP contribution is -2.35. The van der Waals surface area contributed by atoms with Gasteiger partial charge in [-0.2, -0.15) is 0 Å². The molecule has 0 radical (unpaired) electrons. The van der Waals surface area contributed by atoms with Crippen molar-refractivity contribution >= 4 is 16.6 Å². The molecule has 0 spiro atoms. The van der Waals surface area contributed by atoms with Crippen LogP contribution < -0.4 is 0 Å². The smallest absolute Gasteiger partial charge is 0.228 e. The molecule has 3 aromatic rings. The highest BCUT2D eigenvalue weighted by Gasteiger charge is 2.46. The predicted octanol–water partition coefficient (Wildman–Crippen LogP) is 4.03. The number of benzene rings is 2. The number of furan rings is 1. The lowest BCUT2D eigenvalue weighted by Gasteiger charge is -2.39. The Labute approximate surface area is 138 Å². The van der Waals surface area contributed by atoms with Crippen LogP contribution in [0.3, 0.4) is 0 Å². The average Bonchev–Trinajstić information content (AvgIpc) is 3.02. The second-order valence-corrected chi connectivity index (χ2v) is 7.03. The van der Waals surface area contributed by atoms with E-state index in [0.717, 1.165) is 36.0 Å². The molecule has 4 nitrogen and oxygen atoms in total. The minimum Gasteiger partial charge on any atom is -0.507 e. The summed E-state index contributed by atoms with van der Waals surface area (Å²) in [6.07, 6.45) is 4.59. The topological polar surface area (TPSA) is 70.7 Å². The van der Waals surface area contributed by atoms with E-state index in [-0.39, 0.29) is 22.7 Å². The first-order valence-electron chi connectivity index (χ1n) is 8.15. The first kappa shape index (κ1) is 13.7. The minimum absolute atomic E-state index is 0.0538. The van der Waals surface area contributed by atoms with Gasteiger partial charge in [0, 0.05) is 27.3 Å². The Bertz CT molecular complexity index is 1040. The number of hydrogen-bond donors (Lipinski definition) is 2. The van der Waals surface area contributed by atoms with Crippen LogP contribution in [0.2, 0.25) is 0 Å². The molecule has 2 aliphatic rings. The molecule has 2 aliphatic carbocycles. The number of carbonyl (C=O) groups is 1. The van der Waals surface area contributed by atoms with Crippen LogP contribution in [0.5, 0.6) is 11.5 Å². The van der Waals surface area contributed by atoms with Gasteiger partial charge in [-0.05, 0) is 54.7 Å². The summed E-state index contributed by atoms with van der Waals surface area (Å²) in [5.41, 5.74) is 3.28. The standard InChI is InChI=1S/C20H16O4/c1-20-6-2-3-10-9-24-19(17(10)20)18(23)13-7-11-12(8-14(13)20)16(22)5-4-15(11)21/h4-5,7-9,21-22H,2-3,6H2,1H3. The average molecular weight is 320 g/mol. The van der Waals surface area contributed by atoms with Crippen molar-refractivity contribution in [2.75, 3.05) is 0 Å². The van der Waals surface area contributed by atoms with E-state index in [0.29, 0.717) is 22.1 Å². The highest BCUT2D eigenvalue weighted by molar-refractivity contribution is 6.14. The number of aromatic hydroxyl groups is 2. The van der Waals surface area contributed by atoms with Gasteiger partial charge in [0.15, 0.2) is 5.76 Å². The third-order valence-corrected chi connectivity index (χ3v) is 5.70. The van der Waals surface area contributed by atoms with Crippen LogP contribution in [0, 0.1) is 0 Å². The highest BCUT2D eigenvalue weighted by Crippen LogP contribution is 2.51. The van der Waals surface area contributed by atoms with Gasteiger partial charge in [-0.3, -0.25) is 4.79 Å². The molecule has 0 saturated carbocycles. The number of hydrogen-bond acceptors (Lipinski definition) is 4. The van der Waals surface area contributed by atoms with Crippen molar-refractivity contribution in [3.05, 3.63) is 58.5 Å². The Hall–Kier alpha value is -2.75. The second kappa shape index (κ2) is 4.20. The van der Waals surface area contributed by atoms with Crippen LogP contribution in [-0.2, 0) is 11.8 Å². The van der Waals surface area contributed by atoms with Crippen LogP contribution in [-0.4, -0.2) is 16.0 Å². The molecule has 1 unspecified atom stereocenters. The van der Waals surface area contributed by atoms with E-state index in [1.807, 2.05) is 6.07 Å². The third-order valence-electron chi connectivity index (χ3n) is 5.70. The normalized spacial score (nSPS) is 21.6. The fourth-order valence-electron chi connectivity index (χ4n) is 4.50. The molecule has 4 heteroatoms. The monoisotopic (exact) mass is 320 g/mol. The van der Waals surface area contributed by atoms with Crippen molar-refractivity contribution in [2.24, 2.45) is 0 Å². The zero-order valence-electron chi connectivity index (χ0n) is 13.2. The third kappa shape index (κ3) is 1.46. The number of phenols is 2. The quantitative estimate of drug-likeness (QED) is 0.614. The zero-order chi connectivity index (χ0) is 16.6. The summed E-state index contributed by atoms with van der Waals surface area (Å²) >= 11 is 0. The molecule has 0 saturated heterocycles. The molecular weight excluding hydrogens is 304 g/mol. The summed E-state index contributed by atoms with van der Waals surface area (Å²) in [5.74, 6) is 0.447. The van der Waals surface area contributed by atoms with Crippen molar-refractivity contribution in [3.8, 4) is 11.5 Å². The predicted molar refractivity (Wildman–Crippen MR) is 88.8 cm³/mol. The van der Waals surface area contributed by atoms with E-state index in [9.17, 15) is 15.0 Å². The maximum absolute atomic E-state index is 13.0. The number of fused-ring (bicyclic) bond motifs is 3. The molecule has 1 aromatic heterocycles. The molecule has 1 heterocycles. The van der Waals surface area contributed by atoms with Crippen LogP contribution in [0.25, 0.3) is 10.8 Å². The van der Waals surface area contributed by atoms with E-state index in [1.54, 1.807) is 12.3 Å². The van der Waals surface area contributed by atoms with Crippen LogP contribution in [0.15, 0.2) is 34.9 Å².